The third kappa shape index (κ3) is 7.23. The maximum absolute atomic E-state index is 12.1. The Balaban J connectivity index is 1.39. The first-order chi connectivity index (χ1) is 14.2. The zero-order valence-electron chi connectivity index (χ0n) is 16.8. The lowest BCUT2D eigenvalue weighted by atomic mass is 10.0. The second-order valence-corrected chi connectivity index (χ2v) is 7.41. The first-order valence-electron chi connectivity index (χ1n) is 10.3. The number of ether oxygens (including phenoxy) is 1. The Morgan fingerprint density at radius 3 is 2.28 bits per heavy atom. The number of carbonyl (C=O) groups excluding carboxylic acids is 2. The van der Waals surface area contributed by atoms with E-state index in [0.29, 0.717) is 12.3 Å². The van der Waals surface area contributed by atoms with Crippen molar-refractivity contribution in [3.63, 3.8) is 0 Å². The largest absolute Gasteiger partial charge is 0.484 e. The topological polar surface area (TPSA) is 71.9 Å². The number of rotatable bonds is 9. The monoisotopic (exact) mass is 396 g/mol. The molecule has 0 spiro atoms. The van der Waals surface area contributed by atoms with Gasteiger partial charge in [0.25, 0.3) is 5.91 Å². The summed E-state index contributed by atoms with van der Waals surface area (Å²) >= 11 is 0. The van der Waals surface area contributed by atoms with Gasteiger partial charge in [0.15, 0.2) is 6.61 Å². The van der Waals surface area contributed by atoms with E-state index in [9.17, 15) is 9.59 Å². The molecule has 2 amide bonds. The quantitative estimate of drug-likeness (QED) is 0.594. The van der Waals surface area contributed by atoms with E-state index >= 15 is 0 Å². The van der Waals surface area contributed by atoms with Gasteiger partial charge in [-0.05, 0) is 37.0 Å². The number of likely N-dealkylation sites (tertiary alicyclic amines) is 1. The summed E-state index contributed by atoms with van der Waals surface area (Å²) in [5.41, 5.74) is 2.42. The van der Waals surface area contributed by atoms with Crippen LogP contribution in [-0.4, -0.2) is 38.1 Å². The zero-order chi connectivity index (χ0) is 20.3. The van der Waals surface area contributed by atoms with Crippen molar-refractivity contribution >= 4 is 11.8 Å². The van der Waals surface area contributed by atoms with Crippen LogP contribution in [0.1, 0.15) is 30.4 Å². The van der Waals surface area contributed by atoms with Crippen LogP contribution < -0.4 is 20.3 Å². The summed E-state index contributed by atoms with van der Waals surface area (Å²) in [6.07, 6.45) is 3.92. The third-order valence-corrected chi connectivity index (χ3v) is 5.15. The first-order valence-corrected chi connectivity index (χ1v) is 10.3. The summed E-state index contributed by atoms with van der Waals surface area (Å²) in [6.45, 7) is 3.74. The second kappa shape index (κ2) is 11.2. The minimum Gasteiger partial charge on any atom is -0.484 e. The fourth-order valence-corrected chi connectivity index (χ4v) is 3.55. The maximum Gasteiger partial charge on any atom is 0.258 e. The lowest BCUT2D eigenvalue weighted by molar-refractivity contribution is -0.918. The Morgan fingerprint density at radius 2 is 1.52 bits per heavy atom. The zero-order valence-corrected chi connectivity index (χ0v) is 16.8. The summed E-state index contributed by atoms with van der Waals surface area (Å²) in [5, 5.41) is 5.49. The van der Waals surface area contributed by atoms with Gasteiger partial charge < -0.3 is 20.3 Å². The van der Waals surface area contributed by atoms with Gasteiger partial charge in [-0.3, -0.25) is 9.59 Å². The Labute approximate surface area is 172 Å². The van der Waals surface area contributed by atoms with E-state index < -0.39 is 0 Å². The Kier molecular flexibility index (Phi) is 8.07. The number of hydrogen-bond acceptors (Lipinski definition) is 3. The average molecular weight is 397 g/mol. The van der Waals surface area contributed by atoms with Crippen molar-refractivity contribution < 1.29 is 19.2 Å². The highest BCUT2D eigenvalue weighted by Gasteiger charge is 2.16. The highest BCUT2D eigenvalue weighted by atomic mass is 16.5. The molecule has 3 rings (SSSR count). The normalized spacial score (nSPS) is 14.2. The number of carbonyl (C=O) groups is 2. The van der Waals surface area contributed by atoms with Crippen molar-refractivity contribution in [3.05, 3.63) is 65.7 Å². The molecule has 6 heteroatoms. The number of benzene rings is 2. The van der Waals surface area contributed by atoms with Gasteiger partial charge in [-0.15, -0.1) is 0 Å². The van der Waals surface area contributed by atoms with Gasteiger partial charge in [0.2, 0.25) is 5.91 Å². The number of quaternary nitrogens is 1. The standard InChI is InChI=1S/C23H29N3O3/c27-22(16-25-23(28)18-29-21-11-3-1-4-12-21)24-15-19-9-5-6-10-20(19)17-26-13-7-2-8-14-26/h1,3-6,9-12H,2,7-8,13-18H2,(H,24,27)(H,25,28)/p+1. The van der Waals surface area contributed by atoms with Crippen molar-refractivity contribution in [2.75, 3.05) is 26.2 Å². The molecular formula is C23H30N3O3+. The fourth-order valence-electron chi connectivity index (χ4n) is 3.55. The summed E-state index contributed by atoms with van der Waals surface area (Å²) in [7, 11) is 0. The van der Waals surface area contributed by atoms with E-state index in [1.807, 2.05) is 24.3 Å². The molecule has 1 fully saturated rings. The minimum absolute atomic E-state index is 0.0590. The molecule has 154 valence electrons. The highest BCUT2D eigenvalue weighted by Crippen LogP contribution is 2.09. The molecule has 1 aliphatic heterocycles. The SMILES string of the molecule is O=C(CNC(=O)COc1ccccc1)NCc1ccccc1C[NH+]1CCCCC1. The van der Waals surface area contributed by atoms with Gasteiger partial charge in [0.1, 0.15) is 12.3 Å². The van der Waals surface area contributed by atoms with Gasteiger partial charge in [0, 0.05) is 12.1 Å². The smallest absolute Gasteiger partial charge is 0.258 e. The number of piperidine rings is 1. The molecule has 1 heterocycles. The van der Waals surface area contributed by atoms with Crippen molar-refractivity contribution in [2.24, 2.45) is 0 Å². The van der Waals surface area contributed by atoms with Crippen LogP contribution in [0.3, 0.4) is 0 Å². The molecule has 6 nitrogen and oxygen atoms in total. The van der Waals surface area contributed by atoms with E-state index in [2.05, 4.69) is 28.8 Å². The molecule has 1 aliphatic rings. The van der Waals surface area contributed by atoms with Crippen LogP contribution in [0.5, 0.6) is 5.75 Å². The van der Waals surface area contributed by atoms with Crippen molar-refractivity contribution in [3.8, 4) is 5.75 Å². The molecule has 0 aromatic heterocycles. The van der Waals surface area contributed by atoms with Gasteiger partial charge in [-0.25, -0.2) is 0 Å². The van der Waals surface area contributed by atoms with Crippen molar-refractivity contribution in [1.82, 2.24) is 10.6 Å². The number of nitrogens with one attached hydrogen (secondary N) is 3. The Morgan fingerprint density at radius 1 is 0.828 bits per heavy atom. The van der Waals surface area contributed by atoms with Crippen molar-refractivity contribution in [2.45, 2.75) is 32.4 Å². The molecule has 0 aliphatic carbocycles. The van der Waals surface area contributed by atoms with Crippen LogP contribution in [0.15, 0.2) is 54.6 Å². The maximum atomic E-state index is 12.1. The van der Waals surface area contributed by atoms with E-state index in [4.69, 9.17) is 4.74 Å². The second-order valence-electron chi connectivity index (χ2n) is 7.41. The molecule has 0 bridgehead atoms. The van der Waals surface area contributed by atoms with E-state index in [1.54, 1.807) is 17.0 Å². The fraction of sp³-hybridized carbons (Fsp3) is 0.391. The Bertz CT molecular complexity index is 789. The molecule has 1 saturated heterocycles. The van der Waals surface area contributed by atoms with Gasteiger partial charge in [-0.2, -0.15) is 0 Å². The predicted molar refractivity (Wildman–Crippen MR) is 111 cm³/mol. The lowest BCUT2D eigenvalue weighted by Gasteiger charge is -2.24. The van der Waals surface area contributed by atoms with Crippen LogP contribution in [0.4, 0.5) is 0 Å². The lowest BCUT2D eigenvalue weighted by Crippen LogP contribution is -3.11. The average Bonchev–Trinajstić information content (AvgIpc) is 2.77. The van der Waals surface area contributed by atoms with Crippen LogP contribution >= 0.6 is 0 Å². The molecule has 2 aromatic rings. The first kappa shape index (κ1) is 20.9. The minimum atomic E-state index is -0.321. The predicted octanol–water partition coefficient (Wildman–Crippen LogP) is 1.07. The van der Waals surface area contributed by atoms with Crippen LogP contribution in [-0.2, 0) is 22.7 Å². The molecule has 0 radical (unpaired) electrons. The summed E-state index contributed by atoms with van der Waals surface area (Å²) in [4.78, 5) is 25.6. The van der Waals surface area contributed by atoms with Crippen LogP contribution in [0, 0.1) is 0 Å². The molecule has 0 atom stereocenters. The van der Waals surface area contributed by atoms with Gasteiger partial charge in [0.05, 0.1) is 19.6 Å². The Hall–Kier alpha value is -2.86. The summed E-state index contributed by atoms with van der Waals surface area (Å²) < 4.78 is 5.37. The third-order valence-electron chi connectivity index (χ3n) is 5.15. The van der Waals surface area contributed by atoms with Crippen molar-refractivity contribution in [1.29, 1.82) is 0 Å². The molecular weight excluding hydrogens is 366 g/mol. The molecule has 3 N–H and O–H groups in total. The van der Waals surface area contributed by atoms with Gasteiger partial charge >= 0.3 is 0 Å². The molecule has 2 aromatic carbocycles. The summed E-state index contributed by atoms with van der Waals surface area (Å²) in [6, 6.07) is 17.4. The van der Waals surface area contributed by atoms with Gasteiger partial charge in [-0.1, -0.05) is 42.5 Å². The number of hydrogen-bond donors (Lipinski definition) is 3. The number of para-hydroxylation sites is 1. The van der Waals surface area contributed by atoms with E-state index in [0.717, 1.165) is 12.1 Å². The summed E-state index contributed by atoms with van der Waals surface area (Å²) in [5.74, 6) is 0.0934. The highest BCUT2D eigenvalue weighted by molar-refractivity contribution is 5.85. The number of amides is 2. The molecule has 29 heavy (non-hydrogen) atoms. The van der Waals surface area contributed by atoms with E-state index in [1.165, 1.54) is 37.9 Å². The van der Waals surface area contributed by atoms with Crippen LogP contribution in [0.25, 0.3) is 0 Å². The molecule has 0 saturated carbocycles. The van der Waals surface area contributed by atoms with Crippen LogP contribution in [0.2, 0.25) is 0 Å². The molecule has 0 unspecified atom stereocenters. The van der Waals surface area contributed by atoms with E-state index in [-0.39, 0.29) is 25.0 Å².